The number of rotatable bonds is 5. The van der Waals surface area contributed by atoms with E-state index in [-0.39, 0.29) is 11.5 Å². The van der Waals surface area contributed by atoms with Gasteiger partial charge in [-0.15, -0.1) is 0 Å². The number of benzene rings is 2. The number of amides is 1. The molecule has 0 aromatic heterocycles. The Hall–Kier alpha value is -2.66. The van der Waals surface area contributed by atoms with Crippen LogP contribution in [0.25, 0.3) is 0 Å². The van der Waals surface area contributed by atoms with Gasteiger partial charge >= 0.3 is 5.97 Å². The first-order valence-electron chi connectivity index (χ1n) is 8.77. The third kappa shape index (κ3) is 3.78. The second-order valence-electron chi connectivity index (χ2n) is 6.75. The van der Waals surface area contributed by atoms with Gasteiger partial charge in [0.25, 0.3) is 0 Å². The zero-order valence-corrected chi connectivity index (χ0v) is 14.8. The highest BCUT2D eigenvalue weighted by Crippen LogP contribution is 2.35. The van der Waals surface area contributed by atoms with Crippen molar-refractivity contribution in [2.75, 3.05) is 13.2 Å². The summed E-state index contributed by atoms with van der Waals surface area (Å²) in [6.07, 6.45) is 1.31. The topological polar surface area (TPSA) is 75.6 Å². The number of hydrogen-bond acceptors (Lipinski definition) is 3. The van der Waals surface area contributed by atoms with Crippen molar-refractivity contribution in [2.24, 2.45) is 0 Å². The smallest absolute Gasteiger partial charge is 0.335 e. The molecule has 0 saturated carbocycles. The van der Waals surface area contributed by atoms with Gasteiger partial charge in [-0.2, -0.15) is 0 Å². The van der Waals surface area contributed by atoms with Crippen molar-refractivity contribution in [3.05, 3.63) is 70.8 Å². The molecule has 1 aliphatic heterocycles. The van der Waals surface area contributed by atoms with E-state index in [9.17, 15) is 9.59 Å². The molecule has 1 saturated heterocycles. The molecule has 0 spiro atoms. The van der Waals surface area contributed by atoms with Crippen molar-refractivity contribution in [3.63, 3.8) is 0 Å². The standard InChI is InChI=1S/C21H23NO4/c1-15-2-8-18(9-3-15)21(10-12-26-13-11-21)20(25)22-14-16-4-6-17(7-5-16)19(23)24/h2-9H,10-14H2,1H3,(H,22,25)(H,23,24). The molecule has 1 amide bonds. The van der Waals surface area contributed by atoms with E-state index < -0.39 is 11.4 Å². The Balaban J connectivity index is 1.75. The van der Waals surface area contributed by atoms with Crippen LogP contribution in [0.3, 0.4) is 0 Å². The second-order valence-corrected chi connectivity index (χ2v) is 6.75. The van der Waals surface area contributed by atoms with E-state index in [0.717, 1.165) is 16.7 Å². The molecule has 2 aromatic rings. The van der Waals surface area contributed by atoms with E-state index in [1.54, 1.807) is 24.3 Å². The molecular weight excluding hydrogens is 330 g/mol. The molecule has 0 aliphatic carbocycles. The van der Waals surface area contributed by atoms with Crippen LogP contribution in [0.5, 0.6) is 0 Å². The van der Waals surface area contributed by atoms with E-state index in [4.69, 9.17) is 9.84 Å². The molecule has 136 valence electrons. The minimum absolute atomic E-state index is 0.00744. The van der Waals surface area contributed by atoms with Crippen molar-refractivity contribution in [1.29, 1.82) is 0 Å². The maximum absolute atomic E-state index is 13.1. The highest BCUT2D eigenvalue weighted by molar-refractivity contribution is 5.89. The van der Waals surface area contributed by atoms with Crippen LogP contribution in [0.4, 0.5) is 0 Å². The third-order valence-electron chi connectivity index (χ3n) is 5.04. The molecule has 2 N–H and O–H groups in total. The molecule has 0 atom stereocenters. The van der Waals surface area contributed by atoms with Crippen LogP contribution in [0.1, 0.15) is 39.9 Å². The van der Waals surface area contributed by atoms with Gasteiger partial charge in [-0.1, -0.05) is 42.0 Å². The van der Waals surface area contributed by atoms with Gasteiger partial charge in [0.2, 0.25) is 5.91 Å². The zero-order valence-electron chi connectivity index (χ0n) is 14.8. The number of hydrogen-bond donors (Lipinski definition) is 2. The first kappa shape index (κ1) is 18.1. The number of ether oxygens (including phenoxy) is 1. The summed E-state index contributed by atoms with van der Waals surface area (Å²) in [5.41, 5.74) is 2.71. The molecule has 3 rings (SSSR count). The second kappa shape index (κ2) is 7.70. The predicted molar refractivity (Wildman–Crippen MR) is 98.2 cm³/mol. The van der Waals surface area contributed by atoms with Crippen molar-refractivity contribution < 1.29 is 19.4 Å². The highest BCUT2D eigenvalue weighted by Gasteiger charge is 2.41. The lowest BCUT2D eigenvalue weighted by atomic mass is 9.73. The fraction of sp³-hybridized carbons (Fsp3) is 0.333. The van der Waals surface area contributed by atoms with E-state index >= 15 is 0 Å². The number of aryl methyl sites for hydroxylation is 1. The number of carbonyl (C=O) groups is 2. The Bertz CT molecular complexity index is 775. The minimum atomic E-state index is -0.957. The quantitative estimate of drug-likeness (QED) is 0.866. The van der Waals surface area contributed by atoms with Crippen molar-refractivity contribution in [2.45, 2.75) is 31.7 Å². The molecule has 1 heterocycles. The van der Waals surface area contributed by atoms with Crippen LogP contribution in [0.2, 0.25) is 0 Å². The lowest BCUT2D eigenvalue weighted by Gasteiger charge is -2.36. The van der Waals surface area contributed by atoms with E-state index in [0.29, 0.717) is 32.6 Å². The van der Waals surface area contributed by atoms with Crippen LogP contribution < -0.4 is 5.32 Å². The molecule has 0 bridgehead atoms. The Morgan fingerprint density at radius 2 is 1.65 bits per heavy atom. The molecule has 5 heteroatoms. The number of carboxylic acids is 1. The van der Waals surface area contributed by atoms with Gasteiger partial charge in [0, 0.05) is 19.8 Å². The monoisotopic (exact) mass is 353 g/mol. The summed E-state index contributed by atoms with van der Waals surface area (Å²) >= 11 is 0. The summed E-state index contributed by atoms with van der Waals surface area (Å²) in [6, 6.07) is 14.7. The van der Waals surface area contributed by atoms with Crippen LogP contribution in [0, 0.1) is 6.92 Å². The lowest BCUT2D eigenvalue weighted by molar-refractivity contribution is -0.130. The zero-order chi connectivity index (χ0) is 18.6. The SMILES string of the molecule is Cc1ccc(C2(C(=O)NCc3ccc(C(=O)O)cc3)CCOCC2)cc1. The van der Waals surface area contributed by atoms with Gasteiger partial charge in [-0.3, -0.25) is 4.79 Å². The maximum atomic E-state index is 13.1. The summed E-state index contributed by atoms with van der Waals surface area (Å²) in [4.78, 5) is 24.0. The molecule has 1 aliphatic rings. The molecule has 1 fully saturated rings. The van der Waals surface area contributed by atoms with E-state index in [1.165, 1.54) is 0 Å². The highest BCUT2D eigenvalue weighted by atomic mass is 16.5. The summed E-state index contributed by atoms with van der Waals surface area (Å²) in [5, 5.41) is 12.0. The first-order chi connectivity index (χ1) is 12.5. The average molecular weight is 353 g/mol. The molecule has 0 radical (unpaired) electrons. The van der Waals surface area contributed by atoms with Crippen molar-refractivity contribution >= 4 is 11.9 Å². The molecule has 0 unspecified atom stereocenters. The normalized spacial score (nSPS) is 16.0. The number of carbonyl (C=O) groups excluding carboxylic acids is 1. The summed E-state index contributed by atoms with van der Waals surface area (Å²) in [5.74, 6) is -0.965. The van der Waals surface area contributed by atoms with Gasteiger partial charge < -0.3 is 15.2 Å². The predicted octanol–water partition coefficient (Wildman–Crippen LogP) is 3.06. The van der Waals surface area contributed by atoms with E-state index in [1.807, 2.05) is 31.2 Å². The first-order valence-corrected chi connectivity index (χ1v) is 8.77. The Labute approximate surface area is 153 Å². The number of carboxylic acid groups (broad SMARTS) is 1. The molecular formula is C21H23NO4. The lowest BCUT2D eigenvalue weighted by Crippen LogP contribution is -2.47. The molecule has 5 nitrogen and oxygen atoms in total. The fourth-order valence-corrected chi connectivity index (χ4v) is 3.36. The fourth-order valence-electron chi connectivity index (χ4n) is 3.36. The van der Waals surface area contributed by atoms with Crippen molar-refractivity contribution in [1.82, 2.24) is 5.32 Å². The minimum Gasteiger partial charge on any atom is -0.478 e. The summed E-state index contributed by atoms with van der Waals surface area (Å²) in [6.45, 7) is 3.53. The van der Waals surface area contributed by atoms with Crippen LogP contribution in [-0.4, -0.2) is 30.2 Å². The van der Waals surface area contributed by atoms with Crippen LogP contribution in [0.15, 0.2) is 48.5 Å². The number of aromatic carboxylic acids is 1. The molecule has 2 aromatic carbocycles. The van der Waals surface area contributed by atoms with Crippen LogP contribution >= 0.6 is 0 Å². The van der Waals surface area contributed by atoms with E-state index in [2.05, 4.69) is 5.32 Å². The Morgan fingerprint density at radius 1 is 1.04 bits per heavy atom. The summed E-state index contributed by atoms with van der Waals surface area (Å²) in [7, 11) is 0. The Kier molecular flexibility index (Phi) is 5.38. The summed E-state index contributed by atoms with van der Waals surface area (Å²) < 4.78 is 5.48. The Morgan fingerprint density at radius 3 is 2.23 bits per heavy atom. The van der Waals surface area contributed by atoms with Gasteiger partial charge in [-0.25, -0.2) is 4.79 Å². The van der Waals surface area contributed by atoms with Crippen molar-refractivity contribution in [3.8, 4) is 0 Å². The average Bonchev–Trinajstić information content (AvgIpc) is 2.67. The van der Waals surface area contributed by atoms with Gasteiger partial charge in [0.15, 0.2) is 0 Å². The van der Waals surface area contributed by atoms with Gasteiger partial charge in [0.05, 0.1) is 11.0 Å². The maximum Gasteiger partial charge on any atom is 0.335 e. The largest absolute Gasteiger partial charge is 0.478 e. The molecule has 26 heavy (non-hydrogen) atoms. The third-order valence-corrected chi connectivity index (χ3v) is 5.04. The van der Waals surface area contributed by atoms with Crippen LogP contribution in [-0.2, 0) is 21.5 Å². The number of nitrogens with one attached hydrogen (secondary N) is 1. The van der Waals surface area contributed by atoms with Gasteiger partial charge in [-0.05, 0) is 43.0 Å². The van der Waals surface area contributed by atoms with Gasteiger partial charge in [0.1, 0.15) is 0 Å².